The third-order valence-electron chi connectivity index (χ3n) is 6.22. The molecule has 0 aliphatic carbocycles. The highest BCUT2D eigenvalue weighted by atomic mass is 35.5. The van der Waals surface area contributed by atoms with Gasteiger partial charge in [-0.1, -0.05) is 23.7 Å². The molecular formula is C22H34ClN5O2. The van der Waals surface area contributed by atoms with E-state index in [-0.39, 0.29) is 6.09 Å². The van der Waals surface area contributed by atoms with Crippen molar-refractivity contribution in [2.75, 3.05) is 47.4 Å². The molecule has 2 atom stereocenters. The lowest BCUT2D eigenvalue weighted by Gasteiger charge is -2.40. The molecule has 30 heavy (non-hydrogen) atoms. The average molecular weight is 436 g/mol. The Balaban J connectivity index is 1.55. The quantitative estimate of drug-likeness (QED) is 0.561. The van der Waals surface area contributed by atoms with Gasteiger partial charge in [-0.25, -0.2) is 4.79 Å². The van der Waals surface area contributed by atoms with Crippen molar-refractivity contribution in [1.29, 1.82) is 0 Å². The topological polar surface area (TPSA) is 69.2 Å². The van der Waals surface area contributed by atoms with Crippen LogP contribution in [0.4, 0.5) is 4.79 Å². The van der Waals surface area contributed by atoms with Gasteiger partial charge in [-0.15, -0.1) is 0 Å². The summed E-state index contributed by atoms with van der Waals surface area (Å²) < 4.78 is 4.81. The molecule has 2 unspecified atom stereocenters. The van der Waals surface area contributed by atoms with E-state index in [1.54, 1.807) is 11.9 Å². The molecule has 2 heterocycles. The highest BCUT2D eigenvalue weighted by molar-refractivity contribution is 6.30. The Kier molecular flexibility index (Phi) is 8.22. The van der Waals surface area contributed by atoms with Crippen LogP contribution in [0.3, 0.4) is 0 Å². The molecule has 7 nitrogen and oxygen atoms in total. The second-order valence-electron chi connectivity index (χ2n) is 8.21. The lowest BCUT2D eigenvalue weighted by Crippen LogP contribution is -2.51. The zero-order chi connectivity index (χ0) is 21.5. The van der Waals surface area contributed by atoms with Gasteiger partial charge in [0.1, 0.15) is 0 Å². The molecule has 2 aliphatic heterocycles. The Morgan fingerprint density at radius 3 is 2.70 bits per heavy atom. The lowest BCUT2D eigenvalue weighted by atomic mass is 9.85. The first-order valence-corrected chi connectivity index (χ1v) is 11.2. The van der Waals surface area contributed by atoms with Gasteiger partial charge in [-0.3, -0.25) is 9.89 Å². The van der Waals surface area contributed by atoms with E-state index in [0.29, 0.717) is 31.1 Å². The Bertz CT molecular complexity index is 736. The monoisotopic (exact) mass is 435 g/mol. The summed E-state index contributed by atoms with van der Waals surface area (Å²) in [5.74, 6) is 1.30. The summed E-state index contributed by atoms with van der Waals surface area (Å²) in [5.41, 5.74) is 1.27. The van der Waals surface area contributed by atoms with Crippen LogP contribution in [-0.2, 0) is 4.74 Å². The molecule has 8 heteroatoms. The predicted molar refractivity (Wildman–Crippen MR) is 121 cm³/mol. The molecular weight excluding hydrogens is 402 g/mol. The van der Waals surface area contributed by atoms with E-state index in [0.717, 1.165) is 36.9 Å². The molecule has 1 amide bonds. The number of guanidine groups is 1. The Labute approximate surface area is 184 Å². The predicted octanol–water partition coefficient (Wildman–Crippen LogP) is 3.12. The van der Waals surface area contributed by atoms with E-state index in [2.05, 4.69) is 39.7 Å². The van der Waals surface area contributed by atoms with Crippen molar-refractivity contribution >= 4 is 23.7 Å². The van der Waals surface area contributed by atoms with Crippen LogP contribution in [0.2, 0.25) is 5.02 Å². The molecule has 1 aromatic carbocycles. The molecule has 2 aliphatic rings. The second-order valence-corrected chi connectivity index (χ2v) is 8.65. The third-order valence-corrected chi connectivity index (χ3v) is 6.46. The van der Waals surface area contributed by atoms with Crippen LogP contribution in [0.5, 0.6) is 0 Å². The summed E-state index contributed by atoms with van der Waals surface area (Å²) in [6.45, 7) is 3.35. The number of carbonyl (C=O) groups excluding carboxylic acids is 1. The summed E-state index contributed by atoms with van der Waals surface area (Å²) in [5, 5.41) is 7.85. The fourth-order valence-corrected chi connectivity index (χ4v) is 4.84. The number of nitrogens with zero attached hydrogens (tertiary/aromatic N) is 3. The molecule has 1 aromatic rings. The number of amides is 1. The van der Waals surface area contributed by atoms with Crippen LogP contribution >= 0.6 is 11.6 Å². The Hall–Kier alpha value is -1.99. The normalized spacial score (nSPS) is 23.9. The van der Waals surface area contributed by atoms with Crippen molar-refractivity contribution in [2.24, 2.45) is 10.9 Å². The van der Waals surface area contributed by atoms with Crippen molar-refractivity contribution in [3.63, 3.8) is 0 Å². The van der Waals surface area contributed by atoms with E-state index in [1.807, 2.05) is 12.1 Å². The van der Waals surface area contributed by atoms with Crippen molar-refractivity contribution < 1.29 is 9.53 Å². The number of halogens is 1. The maximum absolute atomic E-state index is 11.7. The number of piperidine rings is 2. The van der Waals surface area contributed by atoms with Crippen molar-refractivity contribution in [3.05, 3.63) is 34.9 Å². The van der Waals surface area contributed by atoms with Gasteiger partial charge in [0.15, 0.2) is 5.96 Å². The van der Waals surface area contributed by atoms with E-state index in [4.69, 9.17) is 16.3 Å². The van der Waals surface area contributed by atoms with Gasteiger partial charge in [0.25, 0.3) is 0 Å². The number of ether oxygens (including phenoxy) is 1. The molecule has 2 fully saturated rings. The number of aliphatic imine (C=N–C) groups is 1. The van der Waals surface area contributed by atoms with Crippen LogP contribution in [0.1, 0.15) is 37.3 Å². The zero-order valence-corrected chi connectivity index (χ0v) is 19.0. The minimum atomic E-state index is -0.246. The van der Waals surface area contributed by atoms with Gasteiger partial charge < -0.3 is 20.3 Å². The Morgan fingerprint density at radius 1 is 1.27 bits per heavy atom. The maximum atomic E-state index is 11.7. The summed E-state index contributed by atoms with van der Waals surface area (Å²) in [7, 11) is 5.43. The number of rotatable bonds is 4. The molecule has 3 rings (SSSR count). The van der Waals surface area contributed by atoms with Crippen LogP contribution in [0, 0.1) is 5.92 Å². The van der Waals surface area contributed by atoms with Gasteiger partial charge >= 0.3 is 6.09 Å². The molecule has 0 saturated carbocycles. The second kappa shape index (κ2) is 10.9. The van der Waals surface area contributed by atoms with Gasteiger partial charge in [0, 0.05) is 43.8 Å². The highest BCUT2D eigenvalue weighted by Gasteiger charge is 2.31. The summed E-state index contributed by atoms with van der Waals surface area (Å²) in [6, 6.07) is 8.86. The van der Waals surface area contributed by atoms with Crippen molar-refractivity contribution in [1.82, 2.24) is 20.4 Å². The van der Waals surface area contributed by atoms with Crippen molar-refractivity contribution in [2.45, 2.75) is 37.8 Å². The zero-order valence-electron chi connectivity index (χ0n) is 18.2. The van der Waals surface area contributed by atoms with Crippen LogP contribution < -0.4 is 10.6 Å². The number of hydrogen-bond donors (Lipinski definition) is 2. The van der Waals surface area contributed by atoms with Crippen LogP contribution in [0.25, 0.3) is 0 Å². The molecule has 0 radical (unpaired) electrons. The minimum Gasteiger partial charge on any atom is -0.453 e. The summed E-state index contributed by atoms with van der Waals surface area (Å²) in [4.78, 5) is 20.3. The number of benzene rings is 1. The maximum Gasteiger partial charge on any atom is 0.409 e. The van der Waals surface area contributed by atoms with Crippen LogP contribution in [0.15, 0.2) is 29.3 Å². The highest BCUT2D eigenvalue weighted by Crippen LogP contribution is 2.35. The molecule has 0 bridgehead atoms. The van der Waals surface area contributed by atoms with Crippen LogP contribution in [-0.4, -0.2) is 75.3 Å². The molecule has 0 aromatic heterocycles. The smallest absolute Gasteiger partial charge is 0.409 e. The number of hydrogen-bond acceptors (Lipinski definition) is 4. The summed E-state index contributed by atoms with van der Waals surface area (Å²) in [6.07, 6.45) is 3.88. The van der Waals surface area contributed by atoms with E-state index in [9.17, 15) is 4.79 Å². The first-order chi connectivity index (χ1) is 14.5. The van der Waals surface area contributed by atoms with Gasteiger partial charge in [-0.2, -0.15) is 0 Å². The largest absolute Gasteiger partial charge is 0.453 e. The lowest BCUT2D eigenvalue weighted by molar-refractivity contribution is 0.111. The van der Waals surface area contributed by atoms with Gasteiger partial charge in [0.05, 0.1) is 7.11 Å². The average Bonchev–Trinajstić information content (AvgIpc) is 2.76. The van der Waals surface area contributed by atoms with Gasteiger partial charge in [0.2, 0.25) is 0 Å². The SMILES string of the molecule is CN=C(NCC1CCCN(C)C1c1cccc(Cl)c1)NC1CCN(C(=O)OC)CC1. The van der Waals surface area contributed by atoms with E-state index in [1.165, 1.54) is 25.5 Å². The molecule has 2 saturated heterocycles. The standard InChI is InChI=1S/C22H34ClN5O2/c1-24-21(26-19-9-12-28(13-10-19)22(29)30-3)25-15-17-7-5-11-27(2)20(17)16-6-4-8-18(23)14-16/h4,6,8,14,17,19-20H,5,7,9-13,15H2,1-3H3,(H2,24,25,26). The summed E-state index contributed by atoms with van der Waals surface area (Å²) >= 11 is 6.26. The minimum absolute atomic E-state index is 0.246. The first kappa shape index (κ1) is 22.7. The fourth-order valence-electron chi connectivity index (χ4n) is 4.64. The Morgan fingerprint density at radius 2 is 2.03 bits per heavy atom. The van der Waals surface area contributed by atoms with E-state index >= 15 is 0 Å². The van der Waals surface area contributed by atoms with Gasteiger partial charge in [-0.05, 0) is 62.9 Å². The molecule has 2 N–H and O–H groups in total. The van der Waals surface area contributed by atoms with Crippen molar-refractivity contribution in [3.8, 4) is 0 Å². The molecule has 0 spiro atoms. The number of carbonyl (C=O) groups is 1. The number of nitrogens with one attached hydrogen (secondary N) is 2. The number of methoxy groups -OCH3 is 1. The number of likely N-dealkylation sites (tertiary alicyclic amines) is 2. The molecule has 166 valence electrons. The fraction of sp³-hybridized carbons (Fsp3) is 0.636. The van der Waals surface area contributed by atoms with E-state index < -0.39 is 0 Å². The first-order valence-electron chi connectivity index (χ1n) is 10.8. The third kappa shape index (κ3) is 5.79.